The monoisotopic (exact) mass is 448 g/mol. The Kier molecular flexibility index (Phi) is 8.96. The molecule has 0 fully saturated rings. The Morgan fingerprint density at radius 3 is 2.00 bits per heavy atom. The van der Waals surface area contributed by atoms with Crippen molar-refractivity contribution in [3.05, 3.63) is 83.4 Å². The van der Waals surface area contributed by atoms with Gasteiger partial charge < -0.3 is 9.47 Å². The minimum absolute atomic E-state index is 0.0257. The van der Waals surface area contributed by atoms with Crippen LogP contribution in [0.15, 0.2) is 70.9 Å². The SMILES string of the molecule is CCCCOc1ccc(N=Nc2ccc(C#Cc3ccc(OCCC)c(F)c3F)cc2)cc1. The summed E-state index contributed by atoms with van der Waals surface area (Å²) in [5.41, 5.74) is 1.99. The maximum absolute atomic E-state index is 14.2. The minimum atomic E-state index is -1.02. The molecule has 3 aromatic carbocycles. The van der Waals surface area contributed by atoms with E-state index in [1.54, 1.807) is 24.3 Å². The molecule has 6 heteroatoms. The zero-order valence-corrected chi connectivity index (χ0v) is 18.8. The Balaban J connectivity index is 1.62. The van der Waals surface area contributed by atoms with E-state index in [1.807, 2.05) is 31.2 Å². The van der Waals surface area contributed by atoms with Gasteiger partial charge in [-0.3, -0.25) is 0 Å². The van der Waals surface area contributed by atoms with E-state index in [9.17, 15) is 8.78 Å². The van der Waals surface area contributed by atoms with Gasteiger partial charge in [0.15, 0.2) is 11.6 Å². The molecule has 4 nitrogen and oxygen atoms in total. The average Bonchev–Trinajstić information content (AvgIpc) is 2.84. The molecule has 3 rings (SSSR count). The van der Waals surface area contributed by atoms with Gasteiger partial charge in [-0.05, 0) is 73.5 Å². The molecule has 0 aromatic heterocycles. The number of ether oxygens (including phenoxy) is 2. The van der Waals surface area contributed by atoms with E-state index in [-0.39, 0.29) is 11.3 Å². The van der Waals surface area contributed by atoms with Crippen molar-refractivity contribution in [2.45, 2.75) is 33.1 Å². The number of rotatable bonds is 9. The minimum Gasteiger partial charge on any atom is -0.494 e. The fourth-order valence-electron chi connectivity index (χ4n) is 2.76. The molecule has 0 saturated carbocycles. The molecule has 0 unspecified atom stereocenters. The van der Waals surface area contributed by atoms with Crippen molar-refractivity contribution in [3.63, 3.8) is 0 Å². The van der Waals surface area contributed by atoms with Crippen molar-refractivity contribution in [3.8, 4) is 23.3 Å². The Labute approximate surface area is 193 Å². The summed E-state index contributed by atoms with van der Waals surface area (Å²) in [6, 6.07) is 17.2. The van der Waals surface area contributed by atoms with Crippen LogP contribution in [0.1, 0.15) is 44.2 Å². The highest BCUT2D eigenvalue weighted by Crippen LogP contribution is 2.23. The molecule has 0 bridgehead atoms. The number of hydrogen-bond acceptors (Lipinski definition) is 4. The van der Waals surface area contributed by atoms with Crippen molar-refractivity contribution < 1.29 is 18.3 Å². The Morgan fingerprint density at radius 2 is 1.36 bits per heavy atom. The number of halogens is 2. The number of unbranched alkanes of at least 4 members (excludes halogenated alkanes) is 1. The molecular formula is C27H26F2N2O2. The van der Waals surface area contributed by atoms with E-state index in [0.717, 1.165) is 18.6 Å². The van der Waals surface area contributed by atoms with Gasteiger partial charge in [-0.2, -0.15) is 14.6 Å². The van der Waals surface area contributed by atoms with Crippen LogP contribution in [-0.4, -0.2) is 13.2 Å². The predicted octanol–water partition coefficient (Wildman–Crippen LogP) is 7.75. The normalized spacial score (nSPS) is 10.7. The lowest BCUT2D eigenvalue weighted by Gasteiger charge is -2.06. The van der Waals surface area contributed by atoms with Gasteiger partial charge in [0, 0.05) is 5.56 Å². The van der Waals surface area contributed by atoms with Gasteiger partial charge in [0.1, 0.15) is 5.75 Å². The third-order valence-electron chi connectivity index (χ3n) is 4.60. The third-order valence-corrected chi connectivity index (χ3v) is 4.60. The molecule has 0 aliphatic carbocycles. The van der Waals surface area contributed by atoms with Crippen molar-refractivity contribution in [1.29, 1.82) is 0 Å². The van der Waals surface area contributed by atoms with Gasteiger partial charge in [0.25, 0.3) is 0 Å². The van der Waals surface area contributed by atoms with Gasteiger partial charge in [0.05, 0.1) is 30.2 Å². The number of benzene rings is 3. The molecule has 0 heterocycles. The second-order valence-corrected chi connectivity index (χ2v) is 7.28. The van der Waals surface area contributed by atoms with Crippen molar-refractivity contribution >= 4 is 11.4 Å². The van der Waals surface area contributed by atoms with Crippen LogP contribution < -0.4 is 9.47 Å². The smallest absolute Gasteiger partial charge is 0.201 e. The first-order valence-corrected chi connectivity index (χ1v) is 11.0. The topological polar surface area (TPSA) is 43.2 Å². The Hall–Kier alpha value is -3.72. The summed E-state index contributed by atoms with van der Waals surface area (Å²) in [6.07, 6.45) is 2.82. The van der Waals surface area contributed by atoms with Crippen LogP contribution in [0.25, 0.3) is 0 Å². The number of nitrogens with zero attached hydrogens (tertiary/aromatic N) is 2. The van der Waals surface area contributed by atoms with E-state index in [0.29, 0.717) is 36.6 Å². The number of hydrogen-bond donors (Lipinski definition) is 0. The fraction of sp³-hybridized carbons (Fsp3) is 0.259. The summed E-state index contributed by atoms with van der Waals surface area (Å²) in [6.45, 7) is 5.04. The lowest BCUT2D eigenvalue weighted by atomic mass is 10.1. The molecule has 3 aromatic rings. The second-order valence-electron chi connectivity index (χ2n) is 7.28. The standard InChI is InChI=1S/C27H26F2N2O2/c1-3-5-19-32-24-15-13-23(14-16-24)31-30-22-11-7-20(8-12-22)6-9-21-10-17-25(33-18-4-2)27(29)26(21)28/h7-8,10-17H,3-5,18-19H2,1-2H3. The maximum Gasteiger partial charge on any atom is 0.201 e. The lowest BCUT2D eigenvalue weighted by molar-refractivity contribution is 0.295. The maximum atomic E-state index is 14.2. The van der Waals surface area contributed by atoms with Gasteiger partial charge in [-0.1, -0.05) is 32.1 Å². The molecule has 0 radical (unpaired) electrons. The first kappa shape index (κ1) is 23.9. The fourth-order valence-corrected chi connectivity index (χ4v) is 2.76. The van der Waals surface area contributed by atoms with Crippen molar-refractivity contribution in [2.24, 2.45) is 10.2 Å². The van der Waals surface area contributed by atoms with E-state index < -0.39 is 11.6 Å². The average molecular weight is 449 g/mol. The summed E-state index contributed by atoms with van der Waals surface area (Å²) in [5, 5.41) is 8.43. The van der Waals surface area contributed by atoms with Crippen LogP contribution in [0.2, 0.25) is 0 Å². The molecule has 33 heavy (non-hydrogen) atoms. The highest BCUT2D eigenvalue weighted by molar-refractivity contribution is 5.49. The Bertz CT molecular complexity index is 1130. The van der Waals surface area contributed by atoms with Crippen LogP contribution in [0.3, 0.4) is 0 Å². The largest absolute Gasteiger partial charge is 0.494 e. The van der Waals surface area contributed by atoms with Gasteiger partial charge >= 0.3 is 0 Å². The Morgan fingerprint density at radius 1 is 0.697 bits per heavy atom. The van der Waals surface area contributed by atoms with Crippen LogP contribution in [0.5, 0.6) is 11.5 Å². The second kappa shape index (κ2) is 12.4. The van der Waals surface area contributed by atoms with Gasteiger partial charge in [-0.15, -0.1) is 0 Å². The summed E-state index contributed by atoms with van der Waals surface area (Å²) < 4.78 is 39.1. The quantitative estimate of drug-likeness (QED) is 0.191. The van der Waals surface area contributed by atoms with Crippen LogP contribution in [0, 0.1) is 23.5 Å². The lowest BCUT2D eigenvalue weighted by Crippen LogP contribution is -2.00. The molecule has 0 aliphatic heterocycles. The third kappa shape index (κ3) is 7.15. The van der Waals surface area contributed by atoms with Crippen LogP contribution in [0.4, 0.5) is 20.2 Å². The van der Waals surface area contributed by atoms with Crippen LogP contribution >= 0.6 is 0 Å². The van der Waals surface area contributed by atoms with E-state index in [2.05, 4.69) is 29.0 Å². The molecule has 0 amide bonds. The van der Waals surface area contributed by atoms with E-state index >= 15 is 0 Å². The summed E-state index contributed by atoms with van der Waals surface area (Å²) in [7, 11) is 0. The first-order chi connectivity index (χ1) is 16.1. The highest BCUT2D eigenvalue weighted by atomic mass is 19.2. The highest BCUT2D eigenvalue weighted by Gasteiger charge is 2.13. The number of azo groups is 1. The molecular weight excluding hydrogens is 422 g/mol. The predicted molar refractivity (Wildman–Crippen MR) is 126 cm³/mol. The van der Waals surface area contributed by atoms with E-state index in [4.69, 9.17) is 9.47 Å². The van der Waals surface area contributed by atoms with Gasteiger partial charge in [0.2, 0.25) is 5.82 Å². The molecule has 0 N–H and O–H groups in total. The van der Waals surface area contributed by atoms with Gasteiger partial charge in [-0.25, -0.2) is 4.39 Å². The summed E-state index contributed by atoms with van der Waals surface area (Å²) in [4.78, 5) is 0. The summed E-state index contributed by atoms with van der Waals surface area (Å²) >= 11 is 0. The first-order valence-electron chi connectivity index (χ1n) is 11.0. The molecule has 0 saturated heterocycles. The van der Waals surface area contributed by atoms with Crippen molar-refractivity contribution in [1.82, 2.24) is 0 Å². The molecule has 0 aliphatic rings. The summed E-state index contributed by atoms with van der Waals surface area (Å²) in [5.74, 6) is 4.18. The molecule has 0 atom stereocenters. The molecule has 170 valence electrons. The zero-order chi connectivity index (χ0) is 23.5. The zero-order valence-electron chi connectivity index (χ0n) is 18.8. The van der Waals surface area contributed by atoms with E-state index in [1.165, 1.54) is 12.1 Å². The van der Waals surface area contributed by atoms with Crippen molar-refractivity contribution in [2.75, 3.05) is 13.2 Å². The molecule has 0 spiro atoms. The van der Waals surface area contributed by atoms with Crippen LogP contribution in [-0.2, 0) is 0 Å².